The van der Waals surface area contributed by atoms with Gasteiger partial charge in [0.05, 0.1) is 22.6 Å². The Kier molecular flexibility index (Phi) is 16.5. The number of unbranched alkanes of at least 4 members (excludes halogenated alkanes) is 1. The van der Waals surface area contributed by atoms with Crippen molar-refractivity contribution >= 4 is 43.4 Å². The van der Waals surface area contributed by atoms with Crippen molar-refractivity contribution in [2.75, 3.05) is 16.1 Å². The molecule has 0 fully saturated rings. The molecule has 0 spiro atoms. The molecule has 0 saturated heterocycles. The van der Waals surface area contributed by atoms with Crippen LogP contribution < -0.4 is 18.9 Å². The maximum atomic E-state index is 12.7. The van der Waals surface area contributed by atoms with Gasteiger partial charge < -0.3 is 19.7 Å². The van der Waals surface area contributed by atoms with Crippen molar-refractivity contribution in [2.45, 2.75) is 61.6 Å². The van der Waals surface area contributed by atoms with Gasteiger partial charge in [0.15, 0.2) is 0 Å². The quantitative estimate of drug-likeness (QED) is 0.0570. The van der Waals surface area contributed by atoms with E-state index in [2.05, 4.69) is 21.1 Å². The molecule has 0 heterocycles. The zero-order valence-corrected chi connectivity index (χ0v) is 36.0. The lowest BCUT2D eigenvalue weighted by Crippen LogP contribution is -2.20. The van der Waals surface area contributed by atoms with E-state index in [0.29, 0.717) is 37.3 Å². The second kappa shape index (κ2) is 22.0. The van der Waals surface area contributed by atoms with Crippen molar-refractivity contribution in [3.05, 3.63) is 179 Å². The fraction of sp³-hybridized carbons (Fsp3) is 0.191. The zero-order valence-electron chi connectivity index (χ0n) is 34.4. The van der Waals surface area contributed by atoms with Crippen LogP contribution in [0.2, 0.25) is 0 Å². The summed E-state index contributed by atoms with van der Waals surface area (Å²) in [5, 5.41) is 18.1. The van der Waals surface area contributed by atoms with E-state index < -0.39 is 49.0 Å². The Labute approximate surface area is 369 Å². The monoisotopic (exact) mass is 918 g/mol. The number of ether oxygens (including phenoxy) is 2. The van der Waals surface area contributed by atoms with E-state index in [1.807, 2.05) is 24.3 Å². The van der Waals surface area contributed by atoms with E-state index in [9.17, 15) is 39.6 Å². The van der Waals surface area contributed by atoms with E-state index in [-0.39, 0.29) is 21.7 Å². The fourth-order valence-corrected chi connectivity index (χ4v) is 8.38. The largest absolute Gasteiger partial charge is 0.573 e. The highest BCUT2D eigenvalue weighted by Gasteiger charge is 2.34. The summed E-state index contributed by atoms with van der Waals surface area (Å²) in [5.74, 6) is -2.13. The molecule has 0 aliphatic carbocycles. The normalized spacial score (nSPS) is 11.4. The maximum Gasteiger partial charge on any atom is 0.573 e. The van der Waals surface area contributed by atoms with Crippen LogP contribution in [0.1, 0.15) is 62.7 Å². The summed E-state index contributed by atoms with van der Waals surface area (Å²) < 4.78 is 102. The van der Waals surface area contributed by atoms with Crippen molar-refractivity contribution in [2.24, 2.45) is 0 Å². The summed E-state index contributed by atoms with van der Waals surface area (Å²) in [6.07, 6.45) is -0.474. The molecule has 0 atom stereocenters. The number of para-hydroxylation sites is 1. The maximum absolute atomic E-state index is 12.7. The van der Waals surface area contributed by atoms with Crippen LogP contribution in [0.5, 0.6) is 11.5 Å². The number of rotatable bonds is 19. The number of halogens is 3. The molecule has 0 aliphatic heterocycles. The Morgan fingerprint density at radius 1 is 0.578 bits per heavy atom. The highest BCUT2D eigenvalue weighted by atomic mass is 32.2. The van der Waals surface area contributed by atoms with Gasteiger partial charge in [-0.05, 0) is 139 Å². The summed E-state index contributed by atoms with van der Waals surface area (Å²) in [6.45, 7) is 2.69. The van der Waals surface area contributed by atoms with Crippen molar-refractivity contribution in [3.63, 3.8) is 0 Å². The van der Waals surface area contributed by atoms with Crippen LogP contribution in [0, 0.1) is 0 Å². The number of carboxylic acid groups (broad SMARTS) is 2. The van der Waals surface area contributed by atoms with Crippen LogP contribution in [0.25, 0.3) is 0 Å². The van der Waals surface area contributed by atoms with Crippen LogP contribution in [0.4, 0.5) is 24.5 Å². The number of hydrogen-bond acceptors (Lipinski definition) is 8. The third kappa shape index (κ3) is 14.9. The number of carbonyl (C=O) groups is 2. The molecule has 0 amide bonds. The molecule has 0 aromatic heterocycles. The van der Waals surface area contributed by atoms with Gasteiger partial charge in [-0.15, -0.1) is 13.2 Å². The summed E-state index contributed by atoms with van der Waals surface area (Å²) >= 11 is 0. The van der Waals surface area contributed by atoms with Gasteiger partial charge in [0.1, 0.15) is 16.4 Å². The first-order valence-corrected chi connectivity index (χ1v) is 22.8. The van der Waals surface area contributed by atoms with Crippen LogP contribution in [-0.2, 0) is 45.7 Å². The van der Waals surface area contributed by atoms with Gasteiger partial charge in [0.2, 0.25) is 0 Å². The molecular weight excluding hydrogens is 874 g/mol. The highest BCUT2D eigenvalue weighted by Crippen LogP contribution is 2.31. The van der Waals surface area contributed by atoms with Gasteiger partial charge in [-0.2, -0.15) is 0 Å². The Hall–Kier alpha value is -6.85. The number of sulfonamides is 2. The number of aromatic carboxylic acids is 2. The van der Waals surface area contributed by atoms with Crippen LogP contribution in [-0.4, -0.2) is 52.0 Å². The minimum absolute atomic E-state index is 0.169. The summed E-state index contributed by atoms with van der Waals surface area (Å²) in [7, 11) is -8.03. The smallest absolute Gasteiger partial charge is 0.494 e. The zero-order chi connectivity index (χ0) is 46.3. The van der Waals surface area contributed by atoms with Gasteiger partial charge in [-0.25, -0.2) is 26.4 Å². The average Bonchev–Trinajstić information content (AvgIpc) is 3.26. The van der Waals surface area contributed by atoms with Gasteiger partial charge in [0.25, 0.3) is 20.0 Å². The van der Waals surface area contributed by atoms with Gasteiger partial charge >= 0.3 is 18.3 Å². The van der Waals surface area contributed by atoms with Crippen LogP contribution in [0.3, 0.4) is 0 Å². The standard InChI is InChI=1S/C25H27NO5S.C22H18F3NO5S/c1-2-3-17-31-23-13-15-24(16-14-23)32(29,30)26-22-11-9-19(10-12-22)7-8-20-5-4-6-21(18-20)25(27)28;23-22(24,25)31-19-6-1-2-7-20(19)32(29,30)26-18-12-10-15(11-13-18)8-9-16-4-3-5-17(14-16)21(27)28/h4-6,9-16,18,26H,2-3,7-8,17H2,1H3,(H,27,28);1-7,10-14,26H,8-9H2,(H,27,28). The van der Waals surface area contributed by atoms with Crippen molar-refractivity contribution < 1.29 is 59.3 Å². The summed E-state index contributed by atoms with van der Waals surface area (Å²) in [4.78, 5) is 21.7. The molecule has 0 bridgehead atoms. The molecule has 0 aliphatic rings. The molecule has 6 aromatic carbocycles. The molecule has 0 saturated carbocycles. The molecule has 336 valence electrons. The summed E-state index contributed by atoms with van der Waals surface area (Å²) in [6, 6.07) is 37.8. The highest BCUT2D eigenvalue weighted by molar-refractivity contribution is 7.93. The fourth-order valence-electron chi connectivity index (χ4n) is 6.13. The van der Waals surface area contributed by atoms with Crippen LogP contribution >= 0.6 is 0 Å². The van der Waals surface area contributed by atoms with Crippen LogP contribution in [0.15, 0.2) is 155 Å². The third-order valence-corrected chi connectivity index (χ3v) is 12.2. The number of aryl methyl sites for hydroxylation is 4. The van der Waals surface area contributed by atoms with Crippen molar-refractivity contribution in [1.29, 1.82) is 0 Å². The number of hydrogen-bond donors (Lipinski definition) is 4. The lowest BCUT2D eigenvalue weighted by molar-refractivity contribution is -0.275. The summed E-state index contributed by atoms with van der Waals surface area (Å²) in [5.41, 5.74) is 4.80. The lowest BCUT2D eigenvalue weighted by atomic mass is 10.0. The molecule has 64 heavy (non-hydrogen) atoms. The van der Waals surface area contributed by atoms with Crippen molar-refractivity contribution in [3.8, 4) is 11.5 Å². The molecule has 12 nitrogen and oxygen atoms in total. The van der Waals surface area contributed by atoms with E-state index in [1.54, 1.807) is 66.7 Å². The molecule has 0 unspecified atom stereocenters. The molecular formula is C47H45F3N2O10S2. The Balaban J connectivity index is 0.000000241. The number of alkyl halides is 3. The van der Waals surface area contributed by atoms with Crippen molar-refractivity contribution in [1.82, 2.24) is 0 Å². The van der Waals surface area contributed by atoms with Gasteiger partial charge in [0, 0.05) is 11.4 Å². The van der Waals surface area contributed by atoms with E-state index >= 15 is 0 Å². The predicted molar refractivity (Wildman–Crippen MR) is 236 cm³/mol. The van der Waals surface area contributed by atoms with E-state index in [1.165, 1.54) is 42.5 Å². The second-order valence-electron chi connectivity index (χ2n) is 14.3. The van der Waals surface area contributed by atoms with Gasteiger partial charge in [-0.1, -0.05) is 74.0 Å². The first-order valence-electron chi connectivity index (χ1n) is 19.9. The first-order chi connectivity index (χ1) is 30.4. The SMILES string of the molecule is CCCCOc1ccc(S(=O)(=O)Nc2ccc(CCc3cccc(C(=O)O)c3)cc2)cc1.O=C(O)c1cccc(CCc2ccc(NS(=O)(=O)c3ccccc3OC(F)(F)F)cc2)c1. The average molecular weight is 919 g/mol. The topological polar surface area (TPSA) is 185 Å². The van der Waals surface area contributed by atoms with E-state index in [0.717, 1.165) is 53.6 Å². The predicted octanol–water partition coefficient (Wildman–Crippen LogP) is 10.0. The molecule has 4 N–H and O–H groups in total. The molecule has 6 aromatic rings. The Morgan fingerprint density at radius 2 is 1.05 bits per heavy atom. The van der Waals surface area contributed by atoms with Gasteiger partial charge in [-0.3, -0.25) is 9.44 Å². The first kappa shape index (κ1) is 48.2. The van der Waals surface area contributed by atoms with E-state index in [4.69, 9.17) is 14.9 Å². The third-order valence-electron chi connectivity index (χ3n) is 9.43. The lowest BCUT2D eigenvalue weighted by Gasteiger charge is -2.14. The molecule has 17 heteroatoms. The number of carboxylic acids is 2. The number of benzene rings is 6. The Bertz CT molecular complexity index is 2730. The minimum atomic E-state index is -5.03. The second-order valence-corrected chi connectivity index (χ2v) is 17.6. The Morgan fingerprint density at radius 3 is 1.52 bits per heavy atom. The minimum Gasteiger partial charge on any atom is -0.494 e. The number of nitrogens with one attached hydrogen (secondary N) is 2. The molecule has 0 radical (unpaired) electrons. The number of anilines is 2. The molecule has 6 rings (SSSR count).